The van der Waals surface area contributed by atoms with Crippen LogP contribution in [0.4, 0.5) is 0 Å². The Morgan fingerprint density at radius 2 is 0.750 bits per heavy atom. The van der Waals surface area contributed by atoms with E-state index in [1.54, 1.807) is 0 Å². The van der Waals surface area contributed by atoms with Gasteiger partial charge in [0.05, 0.1) is 0 Å². The van der Waals surface area contributed by atoms with Gasteiger partial charge in [0.2, 0.25) is 0 Å². The highest BCUT2D eigenvalue weighted by Crippen LogP contribution is 2.19. The van der Waals surface area contributed by atoms with Crippen LogP contribution in [0.5, 0.6) is 0 Å². The Morgan fingerprint density at radius 1 is 0.607 bits per heavy atom. The summed E-state index contributed by atoms with van der Waals surface area (Å²) in [6.45, 7) is 12.5. The summed E-state index contributed by atoms with van der Waals surface area (Å²) < 4.78 is 17.5. The van der Waals surface area contributed by atoms with Crippen LogP contribution in [0.25, 0.3) is 0 Å². The summed E-state index contributed by atoms with van der Waals surface area (Å²) in [6.07, 6.45) is 0. The fourth-order valence-electron chi connectivity index (χ4n) is 2.22. The lowest BCUT2D eigenvalue weighted by atomic mass is 10.2. The maximum atomic E-state index is 8.77. The number of nitrogens with one attached hydrogen (secondary N) is 2. The van der Waals surface area contributed by atoms with E-state index >= 15 is 0 Å². The standard InChI is InChI=1S/2C8H11N.2H3O4P/c2*1-6-4-7(2)9-8(3)5-6;2*1-5(2,3)4/h2*4-5H,1-3H3;2*(H3,1,2,3,4). The third kappa shape index (κ3) is 26.7. The number of phosphoric acid groups is 2. The van der Waals surface area contributed by atoms with Crippen molar-refractivity contribution in [3.8, 4) is 0 Å². The van der Waals surface area contributed by atoms with E-state index in [4.69, 9.17) is 38.5 Å². The topological polar surface area (TPSA) is 189 Å². The van der Waals surface area contributed by atoms with E-state index in [9.17, 15) is 0 Å². The molecule has 0 amide bonds. The first-order valence-corrected chi connectivity index (χ1v) is 10.9. The molecule has 0 fully saturated rings. The van der Waals surface area contributed by atoms with Gasteiger partial charge in [0.1, 0.15) is 0 Å². The van der Waals surface area contributed by atoms with Crippen molar-refractivity contribution in [2.45, 2.75) is 41.5 Å². The number of hydrogen-bond acceptors (Lipinski definition) is 4. The molecule has 0 unspecified atom stereocenters. The zero-order valence-electron chi connectivity index (χ0n) is 16.6. The summed E-state index contributed by atoms with van der Waals surface area (Å²) in [6, 6.07) is 8.53. The van der Waals surface area contributed by atoms with Gasteiger partial charge in [-0.25, -0.2) is 9.97 Å². The molecule has 2 heterocycles. The zero-order chi connectivity index (χ0) is 22.7. The maximum Gasteiger partial charge on any atom is 0.262 e. The second-order valence-corrected chi connectivity index (χ2v) is 7.99. The van der Waals surface area contributed by atoms with Crippen LogP contribution in [-0.2, 0) is 9.13 Å². The minimum atomic E-state index is -4.89. The van der Waals surface area contributed by atoms with E-state index in [1.807, 2.05) is 0 Å². The molecule has 12 heteroatoms. The zero-order valence-corrected chi connectivity index (χ0v) is 18.4. The van der Waals surface area contributed by atoms with E-state index in [-0.39, 0.29) is 0 Å². The van der Waals surface area contributed by atoms with E-state index in [1.165, 1.54) is 33.9 Å². The van der Waals surface area contributed by atoms with Crippen molar-refractivity contribution in [2.75, 3.05) is 0 Å². The molecule has 28 heavy (non-hydrogen) atoms. The molecule has 0 aliphatic heterocycles. The average Bonchev–Trinajstić information content (AvgIpc) is 2.30. The van der Waals surface area contributed by atoms with E-state index in [2.05, 4.69) is 75.8 Å². The predicted molar refractivity (Wildman–Crippen MR) is 98.5 cm³/mol. The highest BCUT2D eigenvalue weighted by molar-refractivity contribution is 7.43. The van der Waals surface area contributed by atoms with Crippen LogP contribution in [0.2, 0.25) is 0 Å². The Labute approximate surface area is 164 Å². The van der Waals surface area contributed by atoms with Crippen molar-refractivity contribution in [1.29, 1.82) is 0 Å². The monoisotopic (exact) mass is 438 g/mol. The van der Waals surface area contributed by atoms with Crippen LogP contribution in [0, 0.1) is 41.5 Å². The number of aromatic amines is 2. The van der Waals surface area contributed by atoms with Gasteiger partial charge in [-0.05, 0) is 25.0 Å². The third-order valence-corrected chi connectivity index (χ3v) is 2.57. The molecular formula is C16H28N2O8P2. The molecule has 10 nitrogen and oxygen atoms in total. The van der Waals surface area contributed by atoms with Gasteiger partial charge < -0.3 is 29.4 Å². The average molecular weight is 438 g/mol. The Hall–Kier alpha value is -1.48. The Kier molecular flexibility index (Phi) is 13.2. The van der Waals surface area contributed by atoms with Gasteiger partial charge in [-0.2, -0.15) is 0 Å². The first-order chi connectivity index (χ1) is 12.4. The van der Waals surface area contributed by atoms with Crippen molar-refractivity contribution in [3.05, 3.63) is 58.2 Å². The summed E-state index contributed by atoms with van der Waals surface area (Å²) in [5, 5.41) is 0. The molecule has 0 radical (unpaired) electrons. The van der Waals surface area contributed by atoms with Gasteiger partial charge in [0.15, 0.2) is 22.8 Å². The fraction of sp³-hybridized carbons (Fsp3) is 0.375. The van der Waals surface area contributed by atoms with E-state index in [0.29, 0.717) is 0 Å². The van der Waals surface area contributed by atoms with E-state index in [0.717, 1.165) is 0 Å². The lowest BCUT2D eigenvalue weighted by Gasteiger charge is -2.01. The predicted octanol–water partition coefficient (Wildman–Crippen LogP) is -0.269. The number of rotatable bonds is 0. The molecule has 0 aliphatic carbocycles. The summed E-state index contributed by atoms with van der Waals surface area (Å²) in [7, 11) is -9.78. The van der Waals surface area contributed by atoms with Gasteiger partial charge in [0.25, 0.3) is 15.6 Å². The summed E-state index contributed by atoms with van der Waals surface area (Å²) in [5.41, 5.74) is 7.56. The lowest BCUT2D eigenvalue weighted by molar-refractivity contribution is -0.397. The molecule has 0 saturated carbocycles. The Bertz CT molecular complexity index is 646. The maximum absolute atomic E-state index is 8.77. The van der Waals surface area contributed by atoms with Gasteiger partial charge in [0, 0.05) is 52.0 Å². The van der Waals surface area contributed by atoms with E-state index < -0.39 is 15.6 Å². The molecule has 0 aromatic carbocycles. The highest BCUT2D eigenvalue weighted by Gasteiger charge is 1.96. The van der Waals surface area contributed by atoms with Crippen molar-refractivity contribution in [2.24, 2.45) is 0 Å². The number of pyridine rings is 2. The first-order valence-electron chi connectivity index (χ1n) is 7.84. The summed E-state index contributed by atoms with van der Waals surface area (Å²) in [4.78, 5) is 52.3. The Balaban J connectivity index is 0. The number of aromatic nitrogens is 2. The molecule has 2 aromatic rings. The smallest absolute Gasteiger partial charge is 0.262 e. The van der Waals surface area contributed by atoms with Crippen LogP contribution in [0.3, 0.4) is 0 Å². The van der Waals surface area contributed by atoms with Gasteiger partial charge in [-0.3, -0.25) is 9.13 Å². The van der Waals surface area contributed by atoms with Gasteiger partial charge in [-0.1, -0.05) is 0 Å². The summed E-state index contributed by atoms with van der Waals surface area (Å²) in [5.74, 6) is 0. The lowest BCUT2D eigenvalue weighted by Crippen LogP contribution is -2.11. The molecule has 2 rings (SSSR count). The van der Waals surface area contributed by atoms with Crippen molar-refractivity contribution >= 4 is 15.6 Å². The normalized spacial score (nSPS) is 10.4. The Morgan fingerprint density at radius 3 is 0.857 bits per heavy atom. The molecule has 0 saturated heterocycles. The van der Waals surface area contributed by atoms with Crippen molar-refractivity contribution in [1.82, 2.24) is 0 Å². The molecule has 0 atom stereocenters. The molecule has 0 aliphatic rings. The minimum Gasteiger partial charge on any atom is -0.756 e. The molecule has 6 N–H and O–H groups in total. The van der Waals surface area contributed by atoms with Gasteiger partial charge >= 0.3 is 0 Å². The van der Waals surface area contributed by atoms with Crippen LogP contribution in [0.1, 0.15) is 33.9 Å². The second-order valence-electron chi connectivity index (χ2n) is 6.03. The van der Waals surface area contributed by atoms with Crippen LogP contribution >= 0.6 is 15.6 Å². The van der Waals surface area contributed by atoms with Crippen molar-refractivity contribution < 1.29 is 48.5 Å². The molecule has 2 aromatic heterocycles. The number of H-pyrrole nitrogens is 2. The van der Waals surface area contributed by atoms with Crippen LogP contribution < -0.4 is 19.8 Å². The summed E-state index contributed by atoms with van der Waals surface area (Å²) >= 11 is 0. The van der Waals surface area contributed by atoms with Gasteiger partial charge in [-0.15, -0.1) is 0 Å². The second kappa shape index (κ2) is 12.9. The SMILES string of the molecule is Cc1cc(C)[nH+]c(C)c1.Cc1cc(C)[nH+]c(C)c1.O=P([O-])(O)O.O=P([O-])(O)O. The number of aryl methyl sites for hydroxylation is 6. The molecular weight excluding hydrogens is 410 g/mol. The first kappa shape index (κ1) is 28.7. The largest absolute Gasteiger partial charge is 0.756 e. The van der Waals surface area contributed by atoms with Crippen LogP contribution in [-0.4, -0.2) is 19.6 Å². The van der Waals surface area contributed by atoms with Crippen molar-refractivity contribution in [3.63, 3.8) is 0 Å². The minimum absolute atomic E-state index is 1.23. The van der Waals surface area contributed by atoms with Crippen LogP contribution in [0.15, 0.2) is 24.3 Å². The molecule has 0 spiro atoms. The fourth-order valence-corrected chi connectivity index (χ4v) is 2.22. The quantitative estimate of drug-likeness (QED) is 0.404. The molecule has 160 valence electrons. The number of hydrogen-bond donors (Lipinski definition) is 4. The highest BCUT2D eigenvalue weighted by atomic mass is 31.2. The third-order valence-electron chi connectivity index (χ3n) is 2.57. The molecule has 0 bridgehead atoms.